The zero-order valence-corrected chi connectivity index (χ0v) is 13.4. The zero-order chi connectivity index (χ0) is 16.4. The summed E-state index contributed by atoms with van der Waals surface area (Å²) in [5.74, 6) is 0.0116. The van der Waals surface area contributed by atoms with Crippen molar-refractivity contribution in [2.24, 2.45) is 5.16 Å². The fourth-order valence-electron chi connectivity index (χ4n) is 3.39. The van der Waals surface area contributed by atoms with Gasteiger partial charge >= 0.3 is 0 Å². The molecule has 0 bridgehead atoms. The first-order chi connectivity index (χ1) is 11.8. The second-order valence-electron chi connectivity index (χ2n) is 6.28. The van der Waals surface area contributed by atoms with Gasteiger partial charge in [0.05, 0.1) is 6.33 Å². The molecule has 1 fully saturated rings. The highest BCUT2D eigenvalue weighted by molar-refractivity contribution is 6.39. The van der Waals surface area contributed by atoms with Gasteiger partial charge in [-0.3, -0.25) is 4.79 Å². The van der Waals surface area contributed by atoms with Crippen LogP contribution in [0.2, 0.25) is 0 Å². The number of likely N-dealkylation sites (tertiary alicyclic amines) is 1. The summed E-state index contributed by atoms with van der Waals surface area (Å²) in [6.07, 6.45) is 7.92. The molecule has 6 heteroatoms. The summed E-state index contributed by atoms with van der Waals surface area (Å²) < 4.78 is 2.13. The Kier molecular flexibility index (Phi) is 4.02. The number of benzene rings is 1. The Bertz CT molecular complexity index is 719. The Morgan fingerprint density at radius 3 is 2.67 bits per heavy atom. The first kappa shape index (κ1) is 14.9. The molecule has 0 N–H and O–H groups in total. The van der Waals surface area contributed by atoms with Crippen LogP contribution in [0.15, 0.2) is 54.2 Å². The van der Waals surface area contributed by atoms with Gasteiger partial charge in [0, 0.05) is 37.9 Å². The van der Waals surface area contributed by atoms with Crippen LogP contribution in [-0.4, -0.2) is 39.2 Å². The van der Waals surface area contributed by atoms with E-state index >= 15 is 0 Å². The number of carbonyl (C=O) groups excluding carboxylic acids is 1. The first-order valence-electron chi connectivity index (χ1n) is 8.35. The highest BCUT2D eigenvalue weighted by Crippen LogP contribution is 2.29. The van der Waals surface area contributed by atoms with Crippen LogP contribution in [0.5, 0.6) is 0 Å². The summed E-state index contributed by atoms with van der Waals surface area (Å²) in [5, 5.41) is 4.05. The minimum atomic E-state index is -0.145. The Balaban J connectivity index is 1.34. The largest absolute Gasteiger partial charge is 0.387 e. The van der Waals surface area contributed by atoms with E-state index in [0.29, 0.717) is 18.2 Å². The van der Waals surface area contributed by atoms with Gasteiger partial charge in [-0.05, 0) is 18.4 Å². The highest BCUT2D eigenvalue weighted by Gasteiger charge is 2.32. The predicted octanol–water partition coefficient (Wildman–Crippen LogP) is 2.56. The predicted molar refractivity (Wildman–Crippen MR) is 89.4 cm³/mol. The van der Waals surface area contributed by atoms with Crippen LogP contribution in [-0.2, 0) is 9.63 Å². The van der Waals surface area contributed by atoms with Gasteiger partial charge in [-0.25, -0.2) is 4.98 Å². The van der Waals surface area contributed by atoms with Gasteiger partial charge in [0.25, 0.3) is 5.91 Å². The minimum absolute atomic E-state index is 0.0116. The maximum Gasteiger partial charge on any atom is 0.271 e. The van der Waals surface area contributed by atoms with Gasteiger partial charge in [0.2, 0.25) is 0 Å². The molecule has 2 aliphatic heterocycles. The highest BCUT2D eigenvalue weighted by atomic mass is 16.6. The molecule has 2 aliphatic rings. The molecule has 1 aromatic heterocycles. The summed E-state index contributed by atoms with van der Waals surface area (Å²) in [6, 6.07) is 10.3. The third kappa shape index (κ3) is 2.91. The summed E-state index contributed by atoms with van der Waals surface area (Å²) in [7, 11) is 0. The van der Waals surface area contributed by atoms with Gasteiger partial charge in [0.1, 0.15) is 5.71 Å². The van der Waals surface area contributed by atoms with Crippen molar-refractivity contribution in [1.29, 1.82) is 0 Å². The molecule has 0 aliphatic carbocycles. The molecular formula is C18H20N4O2. The maximum absolute atomic E-state index is 12.7. The molecule has 1 atom stereocenters. The van der Waals surface area contributed by atoms with Crippen LogP contribution >= 0.6 is 0 Å². The monoisotopic (exact) mass is 324 g/mol. The number of piperidine rings is 1. The number of rotatable bonds is 3. The lowest BCUT2D eigenvalue weighted by Crippen LogP contribution is -2.42. The lowest BCUT2D eigenvalue weighted by Gasteiger charge is -2.32. The zero-order valence-electron chi connectivity index (χ0n) is 13.4. The van der Waals surface area contributed by atoms with Gasteiger partial charge in [-0.15, -0.1) is 0 Å². The summed E-state index contributed by atoms with van der Waals surface area (Å²) in [6.45, 7) is 1.49. The Labute approximate surface area is 140 Å². The average molecular weight is 324 g/mol. The van der Waals surface area contributed by atoms with Gasteiger partial charge < -0.3 is 14.3 Å². The Morgan fingerprint density at radius 1 is 1.17 bits per heavy atom. The van der Waals surface area contributed by atoms with Crippen LogP contribution in [0.4, 0.5) is 0 Å². The average Bonchev–Trinajstić information content (AvgIpc) is 3.34. The maximum atomic E-state index is 12.7. The van der Waals surface area contributed by atoms with Crippen molar-refractivity contribution >= 4 is 11.6 Å². The fraction of sp³-hybridized carbons (Fsp3) is 0.389. The van der Waals surface area contributed by atoms with Gasteiger partial charge in [-0.2, -0.15) is 0 Å². The first-order valence-corrected chi connectivity index (χ1v) is 8.35. The van der Waals surface area contributed by atoms with Crippen molar-refractivity contribution in [2.45, 2.75) is 31.4 Å². The molecule has 2 aromatic rings. The van der Waals surface area contributed by atoms with Gasteiger partial charge in [-0.1, -0.05) is 35.5 Å². The van der Waals surface area contributed by atoms with E-state index in [9.17, 15) is 4.79 Å². The molecule has 3 heterocycles. The van der Waals surface area contributed by atoms with Crippen molar-refractivity contribution in [3.8, 4) is 0 Å². The third-order valence-corrected chi connectivity index (χ3v) is 4.79. The van der Waals surface area contributed by atoms with E-state index in [4.69, 9.17) is 4.84 Å². The van der Waals surface area contributed by atoms with E-state index in [0.717, 1.165) is 31.5 Å². The van der Waals surface area contributed by atoms with Crippen LogP contribution in [0.3, 0.4) is 0 Å². The lowest BCUT2D eigenvalue weighted by molar-refractivity contribution is -0.125. The number of hydrogen-bond acceptors (Lipinski definition) is 4. The number of hydrogen-bond donors (Lipinski definition) is 0. The number of oxime groups is 1. The molecule has 4 rings (SSSR count). The normalized spacial score (nSPS) is 21.4. The number of amides is 1. The van der Waals surface area contributed by atoms with Crippen LogP contribution < -0.4 is 0 Å². The topological polar surface area (TPSA) is 59.7 Å². The van der Waals surface area contributed by atoms with Crippen LogP contribution in [0.25, 0.3) is 0 Å². The van der Waals surface area contributed by atoms with E-state index in [1.165, 1.54) is 0 Å². The fourth-order valence-corrected chi connectivity index (χ4v) is 3.39. The van der Waals surface area contributed by atoms with E-state index in [1.807, 2.05) is 47.8 Å². The SMILES string of the molecule is O=C(C1=NO[C@H](c2ccccc2)C1)N1CCC(n2ccnc2)CC1. The quantitative estimate of drug-likeness (QED) is 0.872. The number of imidazole rings is 1. The summed E-state index contributed by atoms with van der Waals surface area (Å²) in [5.41, 5.74) is 1.59. The van der Waals surface area contributed by atoms with Crippen molar-refractivity contribution in [3.05, 3.63) is 54.6 Å². The third-order valence-electron chi connectivity index (χ3n) is 4.79. The number of aromatic nitrogens is 2. The minimum Gasteiger partial charge on any atom is -0.387 e. The molecule has 0 unspecified atom stereocenters. The molecule has 1 amide bonds. The van der Waals surface area contributed by atoms with E-state index in [2.05, 4.69) is 14.7 Å². The van der Waals surface area contributed by atoms with E-state index < -0.39 is 0 Å². The molecule has 124 valence electrons. The van der Waals surface area contributed by atoms with Gasteiger partial charge in [0.15, 0.2) is 6.10 Å². The van der Waals surface area contributed by atoms with E-state index in [-0.39, 0.29) is 12.0 Å². The molecular weight excluding hydrogens is 304 g/mol. The molecule has 24 heavy (non-hydrogen) atoms. The van der Waals surface area contributed by atoms with Crippen molar-refractivity contribution in [3.63, 3.8) is 0 Å². The van der Waals surface area contributed by atoms with Crippen LogP contribution in [0.1, 0.15) is 37.0 Å². The molecule has 0 saturated carbocycles. The smallest absolute Gasteiger partial charge is 0.271 e. The van der Waals surface area contributed by atoms with Crippen LogP contribution in [0, 0.1) is 0 Å². The summed E-state index contributed by atoms with van der Waals surface area (Å²) in [4.78, 5) is 24.1. The van der Waals surface area contributed by atoms with E-state index in [1.54, 1.807) is 6.20 Å². The van der Waals surface area contributed by atoms with Crippen molar-refractivity contribution in [1.82, 2.24) is 14.5 Å². The molecule has 0 spiro atoms. The molecule has 6 nitrogen and oxygen atoms in total. The van der Waals surface area contributed by atoms with Crippen molar-refractivity contribution in [2.75, 3.05) is 13.1 Å². The Hall–Kier alpha value is -2.63. The second kappa shape index (κ2) is 6.47. The molecule has 0 radical (unpaired) electrons. The Morgan fingerprint density at radius 2 is 1.96 bits per heavy atom. The summed E-state index contributed by atoms with van der Waals surface area (Å²) >= 11 is 0. The standard InChI is InChI=1S/C18H20N4O2/c23-18(16-12-17(24-20-16)14-4-2-1-3-5-14)21-9-6-15(7-10-21)22-11-8-19-13-22/h1-5,8,11,13,15,17H,6-7,9-10,12H2/t17-/m0/s1. The molecule has 1 aromatic carbocycles. The lowest BCUT2D eigenvalue weighted by atomic mass is 10.0. The second-order valence-corrected chi connectivity index (χ2v) is 6.28. The molecule has 1 saturated heterocycles. The van der Waals surface area contributed by atoms with Crippen molar-refractivity contribution < 1.29 is 9.63 Å². The number of nitrogens with zero attached hydrogens (tertiary/aromatic N) is 4. The number of carbonyl (C=O) groups is 1.